The van der Waals surface area contributed by atoms with Gasteiger partial charge in [0.2, 0.25) is 0 Å². The molecule has 0 radical (unpaired) electrons. The summed E-state index contributed by atoms with van der Waals surface area (Å²) in [6, 6.07) is 6.24. The van der Waals surface area contributed by atoms with Crippen LogP contribution in [0, 0.1) is 0 Å². The molecule has 0 atom stereocenters. The second-order valence-corrected chi connectivity index (χ2v) is 5.14. The van der Waals surface area contributed by atoms with E-state index in [9.17, 15) is 4.79 Å². The average molecular weight is 272 g/mol. The summed E-state index contributed by atoms with van der Waals surface area (Å²) >= 11 is 0. The van der Waals surface area contributed by atoms with Gasteiger partial charge in [-0.05, 0) is 31.0 Å². The summed E-state index contributed by atoms with van der Waals surface area (Å²) in [7, 11) is 0. The number of hydrogen-bond acceptors (Lipinski definition) is 2. The summed E-state index contributed by atoms with van der Waals surface area (Å²) in [6.07, 6.45) is 1.51. The van der Waals surface area contributed by atoms with Gasteiger partial charge in [-0.25, -0.2) is 4.98 Å². The quantitative estimate of drug-likeness (QED) is 0.822. The molecule has 4 heteroatoms. The van der Waals surface area contributed by atoms with Crippen LogP contribution in [-0.4, -0.2) is 20.6 Å². The van der Waals surface area contributed by atoms with Gasteiger partial charge < -0.3 is 9.67 Å². The predicted octanol–water partition coefficient (Wildman–Crippen LogP) is 3.19. The molecule has 0 spiro atoms. The molecule has 0 saturated carbocycles. The largest absolute Gasteiger partial charge is 0.481 e. The average Bonchev–Trinajstić information content (AvgIpc) is 2.73. The van der Waals surface area contributed by atoms with E-state index in [1.807, 2.05) is 6.92 Å². The minimum Gasteiger partial charge on any atom is -0.481 e. The molecule has 0 amide bonds. The third kappa shape index (κ3) is 3.07. The van der Waals surface area contributed by atoms with Crippen molar-refractivity contribution in [1.29, 1.82) is 0 Å². The second-order valence-electron chi connectivity index (χ2n) is 5.14. The Labute approximate surface area is 118 Å². The van der Waals surface area contributed by atoms with E-state index in [1.54, 1.807) is 0 Å². The van der Waals surface area contributed by atoms with Crippen LogP contribution in [-0.2, 0) is 24.2 Å². The summed E-state index contributed by atoms with van der Waals surface area (Å²) in [5.74, 6) is 0.0202. The first-order valence-electron chi connectivity index (χ1n) is 6.85. The van der Waals surface area contributed by atoms with E-state index in [2.05, 4.69) is 41.3 Å². The lowest BCUT2D eigenvalue weighted by atomic mass is 10.1. The summed E-state index contributed by atoms with van der Waals surface area (Å²) in [6.45, 7) is 8.69. The number of benzene rings is 1. The van der Waals surface area contributed by atoms with Crippen molar-refractivity contribution in [2.75, 3.05) is 0 Å². The van der Waals surface area contributed by atoms with Crippen LogP contribution < -0.4 is 0 Å². The van der Waals surface area contributed by atoms with Gasteiger partial charge in [0.1, 0.15) is 5.82 Å². The molecule has 2 rings (SSSR count). The number of allylic oxidation sites excluding steroid dienone is 1. The Balaban J connectivity index is 2.47. The lowest BCUT2D eigenvalue weighted by Gasteiger charge is -2.08. The highest BCUT2D eigenvalue weighted by Gasteiger charge is 2.12. The van der Waals surface area contributed by atoms with E-state index in [4.69, 9.17) is 5.11 Å². The predicted molar refractivity (Wildman–Crippen MR) is 79.9 cm³/mol. The Morgan fingerprint density at radius 2 is 2.20 bits per heavy atom. The SMILES string of the molecule is C=C(C)Cn1c(CCC(=O)O)nc2cc(CC)ccc21. The number of carboxylic acids is 1. The number of carboxylic acid groups (broad SMARTS) is 1. The second kappa shape index (κ2) is 5.90. The van der Waals surface area contributed by atoms with Crippen molar-refractivity contribution in [3.8, 4) is 0 Å². The standard InChI is InChI=1S/C16H20N2O2/c1-4-12-5-6-14-13(9-12)17-15(7-8-16(19)20)18(14)10-11(2)3/h5-6,9H,2,4,7-8,10H2,1,3H3,(H,19,20). The Hall–Kier alpha value is -2.10. The highest BCUT2D eigenvalue weighted by atomic mass is 16.4. The molecule has 20 heavy (non-hydrogen) atoms. The number of carbonyl (C=O) groups is 1. The zero-order valence-corrected chi connectivity index (χ0v) is 12.0. The molecule has 0 aliphatic rings. The fourth-order valence-electron chi connectivity index (χ4n) is 2.30. The molecule has 0 aliphatic heterocycles. The molecule has 1 aromatic heterocycles. The number of aliphatic carboxylic acids is 1. The minimum atomic E-state index is -0.798. The van der Waals surface area contributed by atoms with Crippen molar-refractivity contribution in [2.45, 2.75) is 39.7 Å². The van der Waals surface area contributed by atoms with Gasteiger partial charge in [0.05, 0.1) is 17.5 Å². The number of rotatable bonds is 6. The Kier molecular flexibility index (Phi) is 4.23. The molecule has 0 fully saturated rings. The third-order valence-electron chi connectivity index (χ3n) is 3.29. The smallest absolute Gasteiger partial charge is 0.303 e. The normalized spacial score (nSPS) is 10.9. The third-order valence-corrected chi connectivity index (χ3v) is 3.29. The van der Waals surface area contributed by atoms with Crippen LogP contribution in [0.15, 0.2) is 30.4 Å². The van der Waals surface area contributed by atoms with Crippen molar-refractivity contribution >= 4 is 17.0 Å². The van der Waals surface area contributed by atoms with Crippen LogP contribution in [0.1, 0.15) is 31.7 Å². The zero-order chi connectivity index (χ0) is 14.7. The summed E-state index contributed by atoms with van der Waals surface area (Å²) in [5, 5.41) is 8.85. The molecule has 1 aromatic carbocycles. The topological polar surface area (TPSA) is 55.1 Å². The summed E-state index contributed by atoms with van der Waals surface area (Å²) in [5.41, 5.74) is 4.25. The first kappa shape index (κ1) is 14.3. The van der Waals surface area contributed by atoms with Crippen molar-refractivity contribution < 1.29 is 9.90 Å². The van der Waals surface area contributed by atoms with Crippen molar-refractivity contribution in [3.63, 3.8) is 0 Å². The summed E-state index contributed by atoms with van der Waals surface area (Å²) < 4.78 is 2.07. The van der Waals surface area contributed by atoms with Crippen LogP contribution in [0.4, 0.5) is 0 Å². The Bertz CT molecular complexity index is 656. The van der Waals surface area contributed by atoms with E-state index < -0.39 is 5.97 Å². The van der Waals surface area contributed by atoms with Crippen molar-refractivity contribution in [1.82, 2.24) is 9.55 Å². The Morgan fingerprint density at radius 1 is 1.45 bits per heavy atom. The molecule has 1 N–H and O–H groups in total. The van der Waals surface area contributed by atoms with E-state index >= 15 is 0 Å². The monoisotopic (exact) mass is 272 g/mol. The maximum absolute atomic E-state index is 10.8. The zero-order valence-electron chi connectivity index (χ0n) is 12.0. The first-order valence-corrected chi connectivity index (χ1v) is 6.85. The summed E-state index contributed by atoms with van der Waals surface area (Å²) in [4.78, 5) is 15.4. The maximum Gasteiger partial charge on any atom is 0.303 e. The minimum absolute atomic E-state index is 0.0974. The highest BCUT2D eigenvalue weighted by molar-refractivity contribution is 5.77. The number of nitrogens with zero attached hydrogens (tertiary/aromatic N) is 2. The van der Waals surface area contributed by atoms with Gasteiger partial charge in [0.25, 0.3) is 0 Å². The number of aryl methyl sites for hydroxylation is 2. The van der Waals surface area contributed by atoms with Crippen LogP contribution in [0.2, 0.25) is 0 Å². The number of fused-ring (bicyclic) bond motifs is 1. The van der Waals surface area contributed by atoms with Gasteiger partial charge in [-0.1, -0.05) is 25.1 Å². The van der Waals surface area contributed by atoms with Gasteiger partial charge in [-0.2, -0.15) is 0 Å². The first-order chi connectivity index (χ1) is 9.51. The van der Waals surface area contributed by atoms with Crippen LogP contribution in [0.25, 0.3) is 11.0 Å². The molecule has 106 valence electrons. The van der Waals surface area contributed by atoms with Crippen molar-refractivity contribution in [2.24, 2.45) is 0 Å². The van der Waals surface area contributed by atoms with Gasteiger partial charge >= 0.3 is 5.97 Å². The molecule has 2 aromatic rings. The number of imidazole rings is 1. The van der Waals surface area contributed by atoms with E-state index in [-0.39, 0.29) is 6.42 Å². The maximum atomic E-state index is 10.8. The fraction of sp³-hybridized carbons (Fsp3) is 0.375. The molecule has 0 bridgehead atoms. The fourth-order valence-corrected chi connectivity index (χ4v) is 2.30. The molecule has 1 heterocycles. The van der Waals surface area contributed by atoms with E-state index in [0.29, 0.717) is 13.0 Å². The molecule has 4 nitrogen and oxygen atoms in total. The van der Waals surface area contributed by atoms with Crippen LogP contribution in [0.3, 0.4) is 0 Å². The van der Waals surface area contributed by atoms with Gasteiger partial charge in [-0.3, -0.25) is 4.79 Å². The number of aromatic nitrogens is 2. The van der Waals surface area contributed by atoms with Crippen LogP contribution >= 0.6 is 0 Å². The lowest BCUT2D eigenvalue weighted by molar-refractivity contribution is -0.137. The number of hydrogen-bond donors (Lipinski definition) is 1. The molecular formula is C16H20N2O2. The molecule has 0 saturated heterocycles. The molecule has 0 unspecified atom stereocenters. The Morgan fingerprint density at radius 3 is 2.80 bits per heavy atom. The highest BCUT2D eigenvalue weighted by Crippen LogP contribution is 2.20. The van der Waals surface area contributed by atoms with Gasteiger partial charge in [0, 0.05) is 13.0 Å². The molecular weight excluding hydrogens is 252 g/mol. The van der Waals surface area contributed by atoms with Crippen LogP contribution in [0.5, 0.6) is 0 Å². The van der Waals surface area contributed by atoms with E-state index in [1.165, 1.54) is 5.56 Å². The molecule has 0 aliphatic carbocycles. The van der Waals surface area contributed by atoms with Gasteiger partial charge in [-0.15, -0.1) is 0 Å². The van der Waals surface area contributed by atoms with E-state index in [0.717, 1.165) is 28.9 Å². The lowest BCUT2D eigenvalue weighted by Crippen LogP contribution is -2.07. The van der Waals surface area contributed by atoms with Gasteiger partial charge in [0.15, 0.2) is 0 Å². The van der Waals surface area contributed by atoms with Crippen molar-refractivity contribution in [3.05, 3.63) is 41.7 Å².